The Morgan fingerprint density at radius 1 is 0.944 bits per heavy atom. The molecule has 0 aromatic rings. The zero-order valence-electron chi connectivity index (χ0n) is 12.1. The van der Waals surface area contributed by atoms with Crippen molar-refractivity contribution < 1.29 is 4.74 Å². The minimum atomic E-state index is -0.0912. The van der Waals surface area contributed by atoms with Crippen LogP contribution in [0.25, 0.3) is 0 Å². The van der Waals surface area contributed by atoms with Crippen LogP contribution in [0.1, 0.15) is 64.7 Å². The molecule has 0 atom stereocenters. The molecule has 0 aromatic heterocycles. The van der Waals surface area contributed by atoms with Crippen LogP contribution in [-0.2, 0) is 4.74 Å². The first-order valence-corrected chi connectivity index (χ1v) is 7.34. The molecule has 0 fully saturated rings. The second-order valence-corrected chi connectivity index (χ2v) is 4.82. The van der Waals surface area contributed by atoms with Crippen molar-refractivity contribution in [3.63, 3.8) is 0 Å². The van der Waals surface area contributed by atoms with Gasteiger partial charge in [0.15, 0.2) is 0 Å². The van der Waals surface area contributed by atoms with E-state index in [1.807, 2.05) is 0 Å². The number of allylic oxidation sites excluding steroid dienone is 1. The molecule has 1 nitrogen and oxygen atoms in total. The summed E-state index contributed by atoms with van der Waals surface area (Å²) < 4.78 is 5.58. The molecule has 0 N–H and O–H groups in total. The normalized spacial score (nSPS) is 10.3. The second kappa shape index (κ2) is 12.5. The summed E-state index contributed by atoms with van der Waals surface area (Å²) in [5.74, 6) is 0.853. The molecule has 0 aliphatic carbocycles. The molecule has 0 aromatic carbocycles. The van der Waals surface area contributed by atoms with Crippen molar-refractivity contribution in [1.82, 2.24) is 0 Å². The number of unbranched alkanes of at least 4 members (excludes halogenated alkanes) is 7. The van der Waals surface area contributed by atoms with E-state index in [1.165, 1.54) is 51.4 Å². The maximum Gasteiger partial charge on any atom is 0.134 e. The summed E-state index contributed by atoms with van der Waals surface area (Å²) in [5.41, 5.74) is 0. The molecular weight excluding hydrogens is 220 g/mol. The maximum atomic E-state index is 5.58. The molecule has 1 heteroatoms. The molecule has 18 heavy (non-hydrogen) atoms. The maximum absolute atomic E-state index is 5.58. The highest BCUT2D eigenvalue weighted by atomic mass is 16.5. The molecule has 0 spiro atoms. The average molecular weight is 250 g/mol. The lowest BCUT2D eigenvalue weighted by Crippen LogP contribution is -2.04. The van der Waals surface area contributed by atoms with Crippen molar-refractivity contribution >= 4 is 0 Å². The molecule has 0 saturated carbocycles. The third-order valence-electron chi connectivity index (χ3n) is 3.08. The average Bonchev–Trinajstić information content (AvgIpc) is 2.39. The molecule has 0 unspecified atom stereocenters. The Balaban J connectivity index is 3.35. The second-order valence-electron chi connectivity index (χ2n) is 4.82. The molecule has 0 aliphatic rings. The highest BCUT2D eigenvalue weighted by Gasteiger charge is 2.01. The van der Waals surface area contributed by atoms with E-state index in [2.05, 4.69) is 26.7 Å². The summed E-state index contributed by atoms with van der Waals surface area (Å²) in [5, 5.41) is 0. The van der Waals surface area contributed by atoms with Gasteiger partial charge in [-0.3, -0.25) is 0 Å². The van der Waals surface area contributed by atoms with Crippen molar-refractivity contribution in [2.45, 2.75) is 70.8 Å². The Hall–Kier alpha value is -0.980. The summed E-state index contributed by atoms with van der Waals surface area (Å²) in [7, 11) is 0. The van der Waals surface area contributed by atoms with Gasteiger partial charge in [-0.15, -0.1) is 0 Å². The first kappa shape index (κ1) is 17.0. The zero-order chi connectivity index (χ0) is 13.6. The minimum absolute atomic E-state index is 0.0912. The van der Waals surface area contributed by atoms with Gasteiger partial charge in [0.1, 0.15) is 6.10 Å². The van der Waals surface area contributed by atoms with Gasteiger partial charge in [0.25, 0.3) is 0 Å². The van der Waals surface area contributed by atoms with Gasteiger partial charge in [0, 0.05) is 6.42 Å². The third-order valence-corrected chi connectivity index (χ3v) is 3.08. The lowest BCUT2D eigenvalue weighted by molar-refractivity contribution is 0.182. The number of hydrogen-bond donors (Lipinski definition) is 0. The van der Waals surface area contributed by atoms with Gasteiger partial charge in [-0.1, -0.05) is 71.6 Å². The van der Waals surface area contributed by atoms with Gasteiger partial charge in [-0.25, -0.2) is 0 Å². The van der Waals surface area contributed by atoms with E-state index in [0.29, 0.717) is 0 Å². The summed E-state index contributed by atoms with van der Waals surface area (Å²) in [6, 6.07) is 0. The third kappa shape index (κ3) is 10.2. The summed E-state index contributed by atoms with van der Waals surface area (Å²) in [6.07, 6.45) is 15.0. The van der Waals surface area contributed by atoms with Crippen LogP contribution >= 0.6 is 0 Å². The molecule has 0 amide bonds. The summed E-state index contributed by atoms with van der Waals surface area (Å²) in [6.45, 7) is 13.6. The number of hydrogen-bond acceptors (Lipinski definition) is 1. The van der Waals surface area contributed by atoms with Gasteiger partial charge >= 0.3 is 0 Å². The Bertz CT molecular complexity index is 222. The standard InChI is InChI=1S/C17H30O/c1-5-8-9-10-11-12-13-14-15-16(4)18-17(6-2)7-3/h6-7,17H,2-5,8-15H2,1H3. The fraction of sp³-hybridized carbons (Fsp3) is 0.647. The van der Waals surface area contributed by atoms with Gasteiger partial charge in [0.05, 0.1) is 5.76 Å². The Morgan fingerprint density at radius 2 is 1.44 bits per heavy atom. The van der Waals surface area contributed by atoms with Crippen LogP contribution in [0.3, 0.4) is 0 Å². The van der Waals surface area contributed by atoms with E-state index in [4.69, 9.17) is 4.74 Å². The van der Waals surface area contributed by atoms with Gasteiger partial charge < -0.3 is 4.74 Å². The lowest BCUT2D eigenvalue weighted by atomic mass is 10.1. The molecule has 0 rings (SSSR count). The topological polar surface area (TPSA) is 9.23 Å². The van der Waals surface area contributed by atoms with E-state index in [-0.39, 0.29) is 6.10 Å². The van der Waals surface area contributed by atoms with Gasteiger partial charge in [0.2, 0.25) is 0 Å². The fourth-order valence-electron chi connectivity index (χ4n) is 1.90. The molecule has 0 bridgehead atoms. The van der Waals surface area contributed by atoms with E-state index < -0.39 is 0 Å². The van der Waals surface area contributed by atoms with Crippen LogP contribution in [0.5, 0.6) is 0 Å². The Labute approximate surface area is 114 Å². The predicted molar refractivity (Wildman–Crippen MR) is 81.6 cm³/mol. The van der Waals surface area contributed by atoms with Gasteiger partial charge in [-0.05, 0) is 18.6 Å². The van der Waals surface area contributed by atoms with Crippen LogP contribution < -0.4 is 0 Å². The van der Waals surface area contributed by atoms with Crippen LogP contribution in [-0.4, -0.2) is 6.10 Å². The SMILES string of the molecule is C=CC(C=C)OC(=C)CCCCCCCCCC. The summed E-state index contributed by atoms with van der Waals surface area (Å²) in [4.78, 5) is 0. The monoisotopic (exact) mass is 250 g/mol. The Kier molecular flexibility index (Phi) is 11.8. The zero-order valence-corrected chi connectivity index (χ0v) is 12.1. The predicted octanol–water partition coefficient (Wildman–Crippen LogP) is 5.79. The van der Waals surface area contributed by atoms with E-state index >= 15 is 0 Å². The van der Waals surface area contributed by atoms with Crippen LogP contribution in [0.15, 0.2) is 37.6 Å². The highest BCUT2D eigenvalue weighted by molar-refractivity contribution is 4.98. The van der Waals surface area contributed by atoms with Crippen LogP contribution in [0, 0.1) is 0 Å². The van der Waals surface area contributed by atoms with E-state index in [0.717, 1.165) is 12.2 Å². The first-order chi connectivity index (χ1) is 8.74. The summed E-state index contributed by atoms with van der Waals surface area (Å²) >= 11 is 0. The minimum Gasteiger partial charge on any atom is -0.487 e. The van der Waals surface area contributed by atoms with E-state index in [1.54, 1.807) is 12.2 Å². The molecule has 0 saturated heterocycles. The molecule has 0 radical (unpaired) electrons. The molecule has 104 valence electrons. The largest absolute Gasteiger partial charge is 0.487 e. The fourth-order valence-corrected chi connectivity index (χ4v) is 1.90. The molecule has 0 aliphatic heterocycles. The Morgan fingerprint density at radius 3 is 1.94 bits per heavy atom. The van der Waals surface area contributed by atoms with Crippen LogP contribution in [0.2, 0.25) is 0 Å². The lowest BCUT2D eigenvalue weighted by Gasteiger charge is -2.13. The first-order valence-electron chi connectivity index (χ1n) is 7.34. The van der Waals surface area contributed by atoms with Crippen molar-refractivity contribution in [3.8, 4) is 0 Å². The van der Waals surface area contributed by atoms with Crippen molar-refractivity contribution in [3.05, 3.63) is 37.6 Å². The van der Waals surface area contributed by atoms with Crippen molar-refractivity contribution in [1.29, 1.82) is 0 Å². The highest BCUT2D eigenvalue weighted by Crippen LogP contribution is 2.14. The smallest absolute Gasteiger partial charge is 0.134 e. The van der Waals surface area contributed by atoms with E-state index in [9.17, 15) is 0 Å². The molecule has 0 heterocycles. The quantitative estimate of drug-likeness (QED) is 0.228. The van der Waals surface area contributed by atoms with Crippen LogP contribution in [0.4, 0.5) is 0 Å². The molecular formula is C17H30O. The number of ether oxygens (including phenoxy) is 1. The van der Waals surface area contributed by atoms with Crippen molar-refractivity contribution in [2.24, 2.45) is 0 Å². The van der Waals surface area contributed by atoms with Gasteiger partial charge in [-0.2, -0.15) is 0 Å². The number of rotatable bonds is 13. The van der Waals surface area contributed by atoms with Crippen molar-refractivity contribution in [2.75, 3.05) is 0 Å².